The van der Waals surface area contributed by atoms with E-state index in [4.69, 9.17) is 14.2 Å². The van der Waals surface area contributed by atoms with Crippen molar-refractivity contribution in [2.45, 2.75) is 39.7 Å². The Labute approximate surface area is 220 Å². The molecule has 0 bridgehead atoms. The molecule has 1 N–H and O–H groups in total. The molecule has 4 aromatic heterocycles. The van der Waals surface area contributed by atoms with Gasteiger partial charge in [-0.25, -0.2) is 4.79 Å². The van der Waals surface area contributed by atoms with Gasteiger partial charge in [0.25, 0.3) is 0 Å². The Morgan fingerprint density at radius 1 is 1.18 bits per heavy atom. The Hall–Kier alpha value is -3.98. The number of fused-ring (bicyclic) bond motifs is 3. The topological polar surface area (TPSA) is 100 Å². The molecule has 196 valence electrons. The van der Waals surface area contributed by atoms with E-state index in [1.54, 1.807) is 24.0 Å². The molecule has 0 amide bonds. The Balaban J connectivity index is 1.58. The zero-order chi connectivity index (χ0) is 26.4. The lowest BCUT2D eigenvalue weighted by Crippen LogP contribution is -2.30. The molecule has 0 spiro atoms. The van der Waals surface area contributed by atoms with E-state index >= 15 is 0 Å². The summed E-state index contributed by atoms with van der Waals surface area (Å²) in [5, 5.41) is 8.46. The SMILES string of the molecule is Cc1noc(C)c1-c1cc2ncc3c(c2cc1OCC1CCNCC1)n(C(C)c1ccccn1)c(=O)n3C. The number of ether oxygens (including phenoxy) is 1. The molecular formula is C29H32N6O3. The van der Waals surface area contributed by atoms with Crippen LogP contribution in [0.25, 0.3) is 33.1 Å². The summed E-state index contributed by atoms with van der Waals surface area (Å²) in [7, 11) is 1.78. The summed E-state index contributed by atoms with van der Waals surface area (Å²) in [6, 6.07) is 9.57. The zero-order valence-corrected chi connectivity index (χ0v) is 22.2. The van der Waals surface area contributed by atoms with Gasteiger partial charge in [0.1, 0.15) is 11.5 Å². The second-order valence-corrected chi connectivity index (χ2v) is 10.2. The monoisotopic (exact) mass is 512 g/mol. The Bertz CT molecular complexity index is 1660. The molecular weight excluding hydrogens is 480 g/mol. The molecule has 0 radical (unpaired) electrons. The number of hydrogen-bond donors (Lipinski definition) is 1. The van der Waals surface area contributed by atoms with Crippen LogP contribution in [0.2, 0.25) is 0 Å². The van der Waals surface area contributed by atoms with Crippen molar-refractivity contribution in [2.75, 3.05) is 19.7 Å². The summed E-state index contributed by atoms with van der Waals surface area (Å²) >= 11 is 0. The summed E-state index contributed by atoms with van der Waals surface area (Å²) in [5.74, 6) is 1.96. The van der Waals surface area contributed by atoms with E-state index in [-0.39, 0.29) is 11.7 Å². The van der Waals surface area contributed by atoms with Crippen molar-refractivity contribution in [3.63, 3.8) is 0 Å². The third-order valence-electron chi connectivity index (χ3n) is 7.76. The maximum absolute atomic E-state index is 13.5. The van der Waals surface area contributed by atoms with Gasteiger partial charge in [-0.05, 0) is 76.9 Å². The van der Waals surface area contributed by atoms with Crippen LogP contribution in [0.1, 0.15) is 43.0 Å². The number of pyridine rings is 2. The van der Waals surface area contributed by atoms with Crippen LogP contribution >= 0.6 is 0 Å². The number of aryl methyl sites for hydroxylation is 3. The summed E-state index contributed by atoms with van der Waals surface area (Å²) in [6.07, 6.45) is 5.69. The first-order chi connectivity index (χ1) is 18.4. The van der Waals surface area contributed by atoms with E-state index in [0.717, 1.165) is 81.9 Å². The number of piperidine rings is 1. The summed E-state index contributed by atoms with van der Waals surface area (Å²) in [4.78, 5) is 22.8. The van der Waals surface area contributed by atoms with Crippen molar-refractivity contribution in [1.82, 2.24) is 29.6 Å². The number of hydrogen-bond acceptors (Lipinski definition) is 7. The highest BCUT2D eigenvalue weighted by Crippen LogP contribution is 2.40. The minimum atomic E-state index is -0.264. The van der Waals surface area contributed by atoms with Crippen LogP contribution in [0, 0.1) is 19.8 Å². The van der Waals surface area contributed by atoms with Gasteiger partial charge in [0.05, 0.1) is 52.3 Å². The van der Waals surface area contributed by atoms with Gasteiger partial charge in [-0.1, -0.05) is 11.2 Å². The Kier molecular flexibility index (Phi) is 6.23. The molecule has 9 nitrogen and oxygen atoms in total. The normalized spacial score (nSPS) is 15.4. The Morgan fingerprint density at radius 3 is 2.71 bits per heavy atom. The fraction of sp³-hybridized carbons (Fsp3) is 0.379. The van der Waals surface area contributed by atoms with Crippen LogP contribution in [-0.4, -0.2) is 44.0 Å². The second kappa shape index (κ2) is 9.72. The number of imidazole rings is 1. The van der Waals surface area contributed by atoms with Gasteiger partial charge in [-0.15, -0.1) is 0 Å². The minimum Gasteiger partial charge on any atom is -0.493 e. The standard InChI is InChI=1S/C29H32N6O3/c1-17-27(19(3)38-33-17)22-13-24-21(14-26(22)37-16-20-8-11-30-12-9-20)28-25(15-32-24)34(4)29(36)35(28)18(2)23-7-5-6-10-31-23/h5-7,10,13-15,18,20,30H,8-9,11-12,16H2,1-4H3. The maximum Gasteiger partial charge on any atom is 0.329 e. The lowest BCUT2D eigenvalue weighted by molar-refractivity contribution is 0.216. The van der Waals surface area contributed by atoms with Gasteiger partial charge in [-0.2, -0.15) is 0 Å². The lowest BCUT2D eigenvalue weighted by Gasteiger charge is -2.23. The molecule has 9 heteroatoms. The van der Waals surface area contributed by atoms with Crippen molar-refractivity contribution in [2.24, 2.45) is 13.0 Å². The van der Waals surface area contributed by atoms with Crippen molar-refractivity contribution in [1.29, 1.82) is 0 Å². The molecule has 1 unspecified atom stereocenters. The molecule has 38 heavy (non-hydrogen) atoms. The van der Waals surface area contributed by atoms with Crippen LogP contribution in [0.4, 0.5) is 0 Å². The highest BCUT2D eigenvalue weighted by molar-refractivity contribution is 6.05. The van der Waals surface area contributed by atoms with E-state index in [0.29, 0.717) is 12.5 Å². The van der Waals surface area contributed by atoms with Gasteiger partial charge in [0.2, 0.25) is 0 Å². The molecule has 5 aromatic rings. The average molecular weight is 513 g/mol. The molecule has 0 saturated carbocycles. The fourth-order valence-corrected chi connectivity index (χ4v) is 5.61. The van der Waals surface area contributed by atoms with Gasteiger partial charge in [-0.3, -0.25) is 19.1 Å². The largest absolute Gasteiger partial charge is 0.493 e. The smallest absolute Gasteiger partial charge is 0.329 e. The number of aromatic nitrogens is 5. The summed E-state index contributed by atoms with van der Waals surface area (Å²) < 4.78 is 15.5. The maximum atomic E-state index is 13.5. The lowest BCUT2D eigenvalue weighted by atomic mass is 9.98. The molecule has 6 rings (SSSR count). The van der Waals surface area contributed by atoms with Crippen molar-refractivity contribution in [3.05, 3.63) is 70.4 Å². The van der Waals surface area contributed by atoms with Gasteiger partial charge in [0.15, 0.2) is 0 Å². The Morgan fingerprint density at radius 2 is 2.00 bits per heavy atom. The van der Waals surface area contributed by atoms with Crippen molar-refractivity contribution in [3.8, 4) is 16.9 Å². The third-order valence-corrected chi connectivity index (χ3v) is 7.76. The van der Waals surface area contributed by atoms with Crippen molar-refractivity contribution >= 4 is 21.9 Å². The molecule has 1 aliphatic rings. The first-order valence-electron chi connectivity index (χ1n) is 13.2. The number of nitrogens with zero attached hydrogens (tertiary/aromatic N) is 5. The predicted octanol–water partition coefficient (Wildman–Crippen LogP) is 4.54. The minimum absolute atomic E-state index is 0.112. The first-order valence-corrected chi connectivity index (χ1v) is 13.2. The highest BCUT2D eigenvalue weighted by atomic mass is 16.5. The van der Waals surface area contributed by atoms with Gasteiger partial charge >= 0.3 is 5.69 Å². The molecule has 0 aliphatic carbocycles. The van der Waals surface area contributed by atoms with E-state index < -0.39 is 0 Å². The van der Waals surface area contributed by atoms with Crippen LogP contribution < -0.4 is 15.7 Å². The van der Waals surface area contributed by atoms with Gasteiger partial charge in [0, 0.05) is 24.2 Å². The molecule has 1 aromatic carbocycles. The van der Waals surface area contributed by atoms with Crippen LogP contribution in [0.3, 0.4) is 0 Å². The quantitative estimate of drug-likeness (QED) is 0.356. The zero-order valence-electron chi connectivity index (χ0n) is 22.2. The fourth-order valence-electron chi connectivity index (χ4n) is 5.61. The molecule has 1 atom stereocenters. The molecule has 1 saturated heterocycles. The highest BCUT2D eigenvalue weighted by Gasteiger charge is 2.24. The average Bonchev–Trinajstić information content (AvgIpc) is 3.42. The molecule has 1 aliphatic heterocycles. The van der Waals surface area contributed by atoms with E-state index in [1.807, 2.05) is 55.7 Å². The van der Waals surface area contributed by atoms with Crippen LogP contribution in [0.5, 0.6) is 5.75 Å². The predicted molar refractivity (Wildman–Crippen MR) is 147 cm³/mol. The number of nitrogens with one attached hydrogen (secondary N) is 1. The second-order valence-electron chi connectivity index (χ2n) is 10.2. The third kappa shape index (κ3) is 4.07. The number of rotatable bonds is 6. The van der Waals surface area contributed by atoms with Crippen LogP contribution in [0.15, 0.2) is 52.0 Å². The summed E-state index contributed by atoms with van der Waals surface area (Å²) in [6.45, 7) is 8.49. The molecule has 5 heterocycles. The first kappa shape index (κ1) is 24.4. The number of benzene rings is 1. The van der Waals surface area contributed by atoms with E-state index in [2.05, 4.69) is 15.5 Å². The van der Waals surface area contributed by atoms with Crippen molar-refractivity contribution < 1.29 is 9.26 Å². The van der Waals surface area contributed by atoms with Crippen LogP contribution in [-0.2, 0) is 7.05 Å². The molecule has 1 fully saturated rings. The summed E-state index contributed by atoms with van der Waals surface area (Å²) in [5.41, 5.74) is 5.68. The van der Waals surface area contributed by atoms with E-state index in [1.165, 1.54) is 0 Å². The van der Waals surface area contributed by atoms with Gasteiger partial charge < -0.3 is 14.6 Å². The van der Waals surface area contributed by atoms with E-state index in [9.17, 15) is 4.79 Å².